The van der Waals surface area contributed by atoms with Crippen molar-refractivity contribution < 1.29 is 10.2 Å². The van der Waals surface area contributed by atoms with Crippen LogP contribution in [0.5, 0.6) is 5.75 Å². The van der Waals surface area contributed by atoms with E-state index in [1.54, 1.807) is 24.3 Å². The van der Waals surface area contributed by atoms with E-state index in [2.05, 4.69) is 6.58 Å². The lowest BCUT2D eigenvalue weighted by Gasteiger charge is -2.23. The maximum Gasteiger partial charge on any atom is 0.115 e. The number of benzene rings is 1. The fourth-order valence-corrected chi connectivity index (χ4v) is 2.07. The highest BCUT2D eigenvalue weighted by atomic mass is 16.3. The van der Waals surface area contributed by atoms with Crippen LogP contribution in [0.15, 0.2) is 60.7 Å². The highest BCUT2D eigenvalue weighted by Gasteiger charge is 2.19. The number of phenols is 1. The van der Waals surface area contributed by atoms with Crippen molar-refractivity contribution in [2.24, 2.45) is 5.73 Å². The molecule has 0 bridgehead atoms. The highest BCUT2D eigenvalue weighted by Crippen LogP contribution is 2.29. The van der Waals surface area contributed by atoms with Gasteiger partial charge in [0.15, 0.2) is 0 Å². The summed E-state index contributed by atoms with van der Waals surface area (Å²) in [5.41, 5.74) is 8.07. The normalized spacial score (nSPS) is 15.4. The van der Waals surface area contributed by atoms with Crippen molar-refractivity contribution >= 4 is 0 Å². The highest BCUT2D eigenvalue weighted by molar-refractivity contribution is 5.40. The molecule has 0 aliphatic carbocycles. The first-order valence-corrected chi connectivity index (χ1v) is 6.24. The second-order valence-electron chi connectivity index (χ2n) is 4.42. The molecule has 0 aliphatic rings. The smallest absolute Gasteiger partial charge is 0.115 e. The van der Waals surface area contributed by atoms with E-state index in [0.29, 0.717) is 0 Å². The SMILES string of the molecule is C=C/C=C(\C=C/CO)C(c1ccc(O)cc1)C(C)N. The molecule has 0 amide bonds. The van der Waals surface area contributed by atoms with E-state index < -0.39 is 0 Å². The Morgan fingerprint density at radius 3 is 2.47 bits per heavy atom. The Morgan fingerprint density at radius 2 is 2.00 bits per heavy atom. The number of phenolic OH excluding ortho intramolecular Hbond substituents is 1. The molecule has 0 spiro atoms. The Hall–Kier alpha value is -1.84. The third-order valence-corrected chi connectivity index (χ3v) is 2.86. The first kappa shape index (κ1) is 15.2. The van der Waals surface area contributed by atoms with Crippen LogP contribution in [0.2, 0.25) is 0 Å². The first-order chi connectivity index (χ1) is 9.10. The van der Waals surface area contributed by atoms with Crippen LogP contribution in [0.25, 0.3) is 0 Å². The summed E-state index contributed by atoms with van der Waals surface area (Å²) in [5, 5.41) is 18.3. The van der Waals surface area contributed by atoms with Crippen LogP contribution in [-0.4, -0.2) is 22.9 Å². The molecule has 2 unspecified atom stereocenters. The lowest BCUT2D eigenvalue weighted by atomic mass is 9.85. The summed E-state index contributed by atoms with van der Waals surface area (Å²) >= 11 is 0. The van der Waals surface area contributed by atoms with Gasteiger partial charge in [-0.3, -0.25) is 0 Å². The lowest BCUT2D eigenvalue weighted by molar-refractivity contribution is 0.342. The number of hydrogen-bond donors (Lipinski definition) is 3. The summed E-state index contributed by atoms with van der Waals surface area (Å²) in [7, 11) is 0. The van der Waals surface area contributed by atoms with E-state index in [1.807, 2.05) is 31.2 Å². The Morgan fingerprint density at radius 1 is 1.37 bits per heavy atom. The summed E-state index contributed by atoms with van der Waals surface area (Å²) in [5.74, 6) is 0.216. The topological polar surface area (TPSA) is 66.5 Å². The molecule has 0 saturated carbocycles. The van der Waals surface area contributed by atoms with Crippen LogP contribution in [-0.2, 0) is 0 Å². The van der Waals surface area contributed by atoms with Gasteiger partial charge in [0.2, 0.25) is 0 Å². The van der Waals surface area contributed by atoms with Gasteiger partial charge in [0.05, 0.1) is 6.61 Å². The number of aliphatic hydroxyl groups is 1. The van der Waals surface area contributed by atoms with E-state index in [9.17, 15) is 5.11 Å². The van der Waals surface area contributed by atoms with Crippen LogP contribution in [0.3, 0.4) is 0 Å². The van der Waals surface area contributed by atoms with Crippen molar-refractivity contribution in [1.82, 2.24) is 0 Å². The molecule has 4 N–H and O–H groups in total. The summed E-state index contributed by atoms with van der Waals surface area (Å²) in [6, 6.07) is 6.90. The minimum atomic E-state index is -0.0981. The summed E-state index contributed by atoms with van der Waals surface area (Å²) in [6.45, 7) is 5.62. The van der Waals surface area contributed by atoms with Crippen LogP contribution in [0.1, 0.15) is 18.4 Å². The van der Waals surface area contributed by atoms with Crippen molar-refractivity contribution in [2.75, 3.05) is 6.61 Å². The molecule has 2 atom stereocenters. The molecular formula is C16H21NO2. The van der Waals surface area contributed by atoms with Crippen molar-refractivity contribution in [3.63, 3.8) is 0 Å². The Bertz CT molecular complexity index is 458. The van der Waals surface area contributed by atoms with Crippen molar-refractivity contribution in [2.45, 2.75) is 18.9 Å². The van der Waals surface area contributed by atoms with Gasteiger partial charge in [-0.1, -0.05) is 43.0 Å². The number of aromatic hydroxyl groups is 1. The third-order valence-electron chi connectivity index (χ3n) is 2.86. The summed E-state index contributed by atoms with van der Waals surface area (Å²) < 4.78 is 0. The Kier molecular flexibility index (Phi) is 6.06. The molecule has 3 heteroatoms. The molecule has 1 aromatic rings. The fraction of sp³-hybridized carbons (Fsp3) is 0.250. The molecule has 0 radical (unpaired) electrons. The molecule has 0 fully saturated rings. The largest absolute Gasteiger partial charge is 0.508 e. The number of aliphatic hydroxyl groups excluding tert-OH is 1. The molecular weight excluding hydrogens is 238 g/mol. The van der Waals surface area contributed by atoms with E-state index in [1.165, 1.54) is 0 Å². The molecule has 0 heterocycles. The van der Waals surface area contributed by atoms with E-state index in [0.717, 1.165) is 11.1 Å². The van der Waals surface area contributed by atoms with Gasteiger partial charge >= 0.3 is 0 Å². The molecule has 0 saturated heterocycles. The van der Waals surface area contributed by atoms with Crippen LogP contribution < -0.4 is 5.73 Å². The van der Waals surface area contributed by atoms with Crippen LogP contribution in [0, 0.1) is 0 Å². The van der Waals surface area contributed by atoms with Gasteiger partial charge in [-0.25, -0.2) is 0 Å². The standard InChI is InChI=1S/C16H21NO2/c1-3-5-13(6-4-11-18)16(12(2)17)14-7-9-15(19)10-8-14/h3-10,12,16,18-19H,1,11,17H2,2H3/b6-4-,13-5+. The number of rotatable bonds is 6. The maximum absolute atomic E-state index is 9.35. The van der Waals surface area contributed by atoms with Crippen LogP contribution >= 0.6 is 0 Å². The first-order valence-electron chi connectivity index (χ1n) is 6.24. The molecule has 19 heavy (non-hydrogen) atoms. The van der Waals surface area contributed by atoms with Crippen molar-refractivity contribution in [3.05, 3.63) is 66.3 Å². The van der Waals surface area contributed by atoms with E-state index in [4.69, 9.17) is 10.8 Å². The van der Waals surface area contributed by atoms with Crippen LogP contribution in [0.4, 0.5) is 0 Å². The summed E-state index contributed by atoms with van der Waals surface area (Å²) in [6.07, 6.45) is 7.10. The zero-order chi connectivity index (χ0) is 14.3. The average Bonchev–Trinajstić information content (AvgIpc) is 2.38. The average molecular weight is 259 g/mol. The molecule has 102 valence electrons. The van der Waals surface area contributed by atoms with Gasteiger partial charge in [0.1, 0.15) is 5.75 Å². The van der Waals surface area contributed by atoms with Gasteiger partial charge in [-0.05, 0) is 30.2 Å². The molecule has 1 rings (SSSR count). The number of nitrogens with two attached hydrogens (primary N) is 1. The maximum atomic E-state index is 9.35. The quantitative estimate of drug-likeness (QED) is 0.688. The van der Waals surface area contributed by atoms with Gasteiger partial charge in [0.25, 0.3) is 0 Å². The van der Waals surface area contributed by atoms with Gasteiger partial charge < -0.3 is 15.9 Å². The van der Waals surface area contributed by atoms with Crippen molar-refractivity contribution in [3.8, 4) is 5.75 Å². The zero-order valence-corrected chi connectivity index (χ0v) is 11.2. The van der Waals surface area contributed by atoms with Gasteiger partial charge in [0, 0.05) is 12.0 Å². The lowest BCUT2D eigenvalue weighted by Crippen LogP contribution is -2.26. The second-order valence-corrected chi connectivity index (χ2v) is 4.42. The van der Waals surface area contributed by atoms with Gasteiger partial charge in [-0.2, -0.15) is 0 Å². The molecule has 0 aliphatic heterocycles. The third kappa shape index (κ3) is 4.39. The predicted octanol–water partition coefficient (Wildman–Crippen LogP) is 2.48. The van der Waals surface area contributed by atoms with Gasteiger partial charge in [-0.15, -0.1) is 0 Å². The molecule has 1 aromatic carbocycles. The Labute approximate surface area is 114 Å². The zero-order valence-electron chi connectivity index (χ0n) is 11.2. The molecule has 0 aromatic heterocycles. The van der Waals surface area contributed by atoms with E-state index >= 15 is 0 Å². The fourth-order valence-electron chi connectivity index (χ4n) is 2.07. The minimum absolute atomic E-state index is 0.0126. The monoisotopic (exact) mass is 259 g/mol. The molecule has 3 nitrogen and oxygen atoms in total. The minimum Gasteiger partial charge on any atom is -0.508 e. The Balaban J connectivity index is 3.17. The number of allylic oxidation sites excluding steroid dienone is 3. The van der Waals surface area contributed by atoms with E-state index in [-0.39, 0.29) is 24.3 Å². The number of hydrogen-bond acceptors (Lipinski definition) is 3. The second kappa shape index (κ2) is 7.56. The predicted molar refractivity (Wildman–Crippen MR) is 79.0 cm³/mol. The van der Waals surface area contributed by atoms with Crippen molar-refractivity contribution in [1.29, 1.82) is 0 Å². The summed E-state index contributed by atoms with van der Waals surface area (Å²) in [4.78, 5) is 0.